The van der Waals surface area contributed by atoms with Crippen LogP contribution in [0, 0.1) is 5.92 Å². The minimum absolute atomic E-state index is 0. The molecule has 0 spiro atoms. The molecule has 3 saturated heterocycles. The summed E-state index contributed by atoms with van der Waals surface area (Å²) >= 11 is 0. The maximum Gasteiger partial charge on any atom is 0.225 e. The summed E-state index contributed by atoms with van der Waals surface area (Å²) < 4.78 is 0. The zero-order valence-corrected chi connectivity index (χ0v) is 23.3. The number of guanidine groups is 1. The molecule has 4 aliphatic rings. The molecule has 1 saturated carbocycles. The second kappa shape index (κ2) is 12.9. The Balaban J connectivity index is 0.00000306. The zero-order valence-electron chi connectivity index (χ0n) is 21.0. The Labute approximate surface area is 218 Å². The molecule has 3 heterocycles. The van der Waals surface area contributed by atoms with Crippen LogP contribution in [0.1, 0.15) is 71.1 Å². The van der Waals surface area contributed by atoms with Crippen molar-refractivity contribution in [3.8, 4) is 0 Å². The van der Waals surface area contributed by atoms with Gasteiger partial charge in [0, 0.05) is 37.1 Å². The number of hydrogen-bond donors (Lipinski definition) is 2. The standard InChI is InChI=1S/C25H46N6O.HI/c1-3-26-24(28-22-11-16-30(19-22)23(32)21-9-5-6-10-21)27-20-25(12-17-29(2)18-13-25)31-14-7-4-8-15-31;/h21-22H,3-20H2,1-2H3,(H2,26,27,28);1H. The van der Waals surface area contributed by atoms with Gasteiger partial charge in [-0.25, -0.2) is 0 Å². The van der Waals surface area contributed by atoms with Gasteiger partial charge >= 0.3 is 0 Å². The summed E-state index contributed by atoms with van der Waals surface area (Å²) in [5.74, 6) is 1.61. The molecular weight excluding hydrogens is 527 g/mol. The van der Waals surface area contributed by atoms with E-state index in [1.807, 2.05) is 0 Å². The van der Waals surface area contributed by atoms with E-state index >= 15 is 0 Å². The number of likely N-dealkylation sites (tertiary alicyclic amines) is 3. The predicted molar refractivity (Wildman–Crippen MR) is 146 cm³/mol. The average molecular weight is 575 g/mol. The number of aliphatic imine (C=N–C) groups is 1. The molecule has 7 nitrogen and oxygen atoms in total. The minimum atomic E-state index is 0. The van der Waals surface area contributed by atoms with Crippen LogP contribution in [0.25, 0.3) is 0 Å². The Morgan fingerprint density at radius 1 is 0.970 bits per heavy atom. The van der Waals surface area contributed by atoms with Crippen LogP contribution >= 0.6 is 24.0 Å². The highest BCUT2D eigenvalue weighted by Crippen LogP contribution is 2.32. The van der Waals surface area contributed by atoms with E-state index in [4.69, 9.17) is 4.99 Å². The van der Waals surface area contributed by atoms with Gasteiger partial charge in [-0.2, -0.15) is 0 Å². The van der Waals surface area contributed by atoms with Crippen LogP contribution in [0.15, 0.2) is 4.99 Å². The smallest absolute Gasteiger partial charge is 0.225 e. The van der Waals surface area contributed by atoms with Crippen molar-refractivity contribution >= 4 is 35.8 Å². The number of nitrogens with one attached hydrogen (secondary N) is 2. The normalized spacial score (nSPS) is 27.4. The number of piperidine rings is 2. The van der Waals surface area contributed by atoms with Crippen LogP contribution in [-0.2, 0) is 4.79 Å². The molecule has 0 aromatic carbocycles. The number of carbonyl (C=O) groups excluding carboxylic acids is 1. The van der Waals surface area contributed by atoms with Crippen molar-refractivity contribution in [2.75, 3.05) is 59.4 Å². The molecule has 1 unspecified atom stereocenters. The first-order valence-corrected chi connectivity index (χ1v) is 13.4. The van der Waals surface area contributed by atoms with E-state index in [9.17, 15) is 4.79 Å². The summed E-state index contributed by atoms with van der Waals surface area (Å²) in [4.78, 5) is 25.3. The summed E-state index contributed by atoms with van der Waals surface area (Å²) in [7, 11) is 2.24. The van der Waals surface area contributed by atoms with E-state index in [1.165, 1.54) is 58.0 Å². The van der Waals surface area contributed by atoms with Crippen LogP contribution < -0.4 is 10.6 Å². The van der Waals surface area contributed by atoms with Gasteiger partial charge in [0.15, 0.2) is 5.96 Å². The number of rotatable bonds is 6. The second-order valence-electron chi connectivity index (χ2n) is 10.7. The molecule has 1 amide bonds. The molecule has 8 heteroatoms. The highest BCUT2D eigenvalue weighted by molar-refractivity contribution is 14.0. The molecule has 1 aliphatic carbocycles. The van der Waals surface area contributed by atoms with Crippen molar-refractivity contribution < 1.29 is 4.79 Å². The van der Waals surface area contributed by atoms with Crippen LogP contribution in [0.3, 0.4) is 0 Å². The Morgan fingerprint density at radius 3 is 2.33 bits per heavy atom. The zero-order chi connectivity index (χ0) is 22.4. The first-order chi connectivity index (χ1) is 15.6. The van der Waals surface area contributed by atoms with Crippen molar-refractivity contribution in [1.29, 1.82) is 0 Å². The maximum atomic E-state index is 12.8. The lowest BCUT2D eigenvalue weighted by Gasteiger charge is -2.49. The van der Waals surface area contributed by atoms with Crippen molar-refractivity contribution in [2.45, 2.75) is 82.7 Å². The molecule has 1 atom stereocenters. The lowest BCUT2D eigenvalue weighted by molar-refractivity contribution is -0.134. The van der Waals surface area contributed by atoms with Crippen molar-refractivity contribution in [2.24, 2.45) is 10.9 Å². The third-order valence-electron chi connectivity index (χ3n) is 8.37. The van der Waals surface area contributed by atoms with Crippen LogP contribution in [0.2, 0.25) is 0 Å². The average Bonchev–Trinajstić information content (AvgIpc) is 3.52. The molecule has 0 bridgehead atoms. The molecule has 2 N–H and O–H groups in total. The van der Waals surface area contributed by atoms with Gasteiger partial charge in [0.2, 0.25) is 5.91 Å². The summed E-state index contributed by atoms with van der Waals surface area (Å²) in [6, 6.07) is 0.307. The largest absolute Gasteiger partial charge is 0.357 e. The number of amides is 1. The Bertz CT molecular complexity index is 639. The number of hydrogen-bond acceptors (Lipinski definition) is 4. The predicted octanol–water partition coefficient (Wildman–Crippen LogP) is 2.90. The van der Waals surface area contributed by atoms with E-state index < -0.39 is 0 Å². The van der Waals surface area contributed by atoms with Crippen LogP contribution in [0.5, 0.6) is 0 Å². The maximum absolute atomic E-state index is 12.8. The highest BCUT2D eigenvalue weighted by atomic mass is 127. The Kier molecular flexibility index (Phi) is 10.6. The van der Waals surface area contributed by atoms with E-state index in [0.29, 0.717) is 11.9 Å². The topological polar surface area (TPSA) is 63.2 Å². The van der Waals surface area contributed by atoms with Gasteiger partial charge in [0.1, 0.15) is 0 Å². The van der Waals surface area contributed by atoms with Gasteiger partial charge in [0.25, 0.3) is 0 Å². The molecule has 3 aliphatic heterocycles. The van der Waals surface area contributed by atoms with E-state index in [-0.39, 0.29) is 35.4 Å². The quantitative estimate of drug-likeness (QED) is 0.290. The first kappa shape index (κ1) is 27.0. The fraction of sp³-hybridized carbons (Fsp3) is 0.920. The van der Waals surface area contributed by atoms with E-state index in [2.05, 4.69) is 39.3 Å². The van der Waals surface area contributed by atoms with Gasteiger partial charge in [-0.1, -0.05) is 19.3 Å². The Morgan fingerprint density at radius 2 is 1.67 bits per heavy atom. The van der Waals surface area contributed by atoms with Gasteiger partial charge in [-0.3, -0.25) is 14.7 Å². The Hall–Kier alpha value is -0.610. The van der Waals surface area contributed by atoms with Gasteiger partial charge < -0.3 is 20.4 Å². The molecule has 190 valence electrons. The molecule has 0 radical (unpaired) electrons. The second-order valence-corrected chi connectivity index (χ2v) is 10.7. The fourth-order valence-corrected chi connectivity index (χ4v) is 6.23. The van der Waals surface area contributed by atoms with Gasteiger partial charge in [0.05, 0.1) is 6.54 Å². The molecule has 4 rings (SSSR count). The molecule has 4 fully saturated rings. The summed E-state index contributed by atoms with van der Waals surface area (Å²) in [5.41, 5.74) is 0.204. The monoisotopic (exact) mass is 574 g/mol. The third-order valence-corrected chi connectivity index (χ3v) is 8.37. The summed E-state index contributed by atoms with van der Waals surface area (Å²) in [5, 5.41) is 7.16. The van der Waals surface area contributed by atoms with Gasteiger partial charge in [-0.05, 0) is 85.1 Å². The summed E-state index contributed by atoms with van der Waals surface area (Å²) in [6.07, 6.45) is 12.1. The molecule has 0 aromatic heterocycles. The minimum Gasteiger partial charge on any atom is -0.357 e. The number of carbonyl (C=O) groups is 1. The van der Waals surface area contributed by atoms with Crippen molar-refractivity contribution in [3.05, 3.63) is 0 Å². The fourth-order valence-electron chi connectivity index (χ4n) is 6.23. The number of halogens is 1. The van der Waals surface area contributed by atoms with E-state index in [0.717, 1.165) is 64.5 Å². The highest BCUT2D eigenvalue weighted by Gasteiger charge is 2.40. The molecular formula is C25H47IN6O. The lowest BCUT2D eigenvalue weighted by Crippen LogP contribution is -2.58. The SMILES string of the molecule is CCNC(=NCC1(N2CCCCC2)CCN(C)CC1)NC1CCN(C(=O)C2CCCC2)C1.I. The molecule has 0 aromatic rings. The summed E-state index contributed by atoms with van der Waals surface area (Å²) in [6.45, 7) is 10.4. The number of nitrogens with zero attached hydrogens (tertiary/aromatic N) is 4. The van der Waals surface area contributed by atoms with Crippen molar-refractivity contribution in [1.82, 2.24) is 25.3 Å². The van der Waals surface area contributed by atoms with Gasteiger partial charge in [-0.15, -0.1) is 24.0 Å². The van der Waals surface area contributed by atoms with Crippen LogP contribution in [0.4, 0.5) is 0 Å². The van der Waals surface area contributed by atoms with Crippen LogP contribution in [-0.4, -0.2) is 97.6 Å². The molecule has 33 heavy (non-hydrogen) atoms. The first-order valence-electron chi connectivity index (χ1n) is 13.4. The lowest BCUT2D eigenvalue weighted by atomic mass is 9.84. The van der Waals surface area contributed by atoms with E-state index in [1.54, 1.807) is 0 Å². The third kappa shape index (κ3) is 6.97. The van der Waals surface area contributed by atoms with Crippen molar-refractivity contribution in [3.63, 3.8) is 0 Å².